The van der Waals surface area contributed by atoms with Crippen molar-refractivity contribution >= 4 is 11.6 Å². The van der Waals surface area contributed by atoms with Crippen LogP contribution in [0.4, 0.5) is 0 Å². The lowest BCUT2D eigenvalue weighted by Gasteiger charge is -2.24. The third-order valence-electron chi connectivity index (χ3n) is 2.41. The Bertz CT molecular complexity index is 394. The molecule has 16 heavy (non-hydrogen) atoms. The first-order valence-corrected chi connectivity index (χ1v) is 5.34. The summed E-state index contributed by atoms with van der Waals surface area (Å²) in [4.78, 5) is 0. The number of hydrogen-bond donors (Lipinski definition) is 1. The molecule has 0 radical (unpaired) electrons. The zero-order valence-corrected chi connectivity index (χ0v) is 11.0. The third-order valence-corrected chi connectivity index (χ3v) is 2.77. The van der Waals surface area contributed by atoms with Crippen LogP contribution < -0.4 is 9.47 Å². The van der Waals surface area contributed by atoms with Gasteiger partial charge in [-0.2, -0.15) is 0 Å². The highest BCUT2D eigenvalue weighted by atomic mass is 35.5. The molecular formula is C12H17ClO3. The summed E-state index contributed by atoms with van der Waals surface area (Å²) in [5.41, 5.74) is 0.333. The molecule has 90 valence electrons. The number of aliphatic hydroxyl groups is 1. The lowest BCUT2D eigenvalue weighted by Crippen LogP contribution is -2.18. The Kier molecular flexibility index (Phi) is 3.71. The van der Waals surface area contributed by atoms with Crippen LogP contribution in [0.15, 0.2) is 6.07 Å². The summed E-state index contributed by atoms with van der Waals surface area (Å²) in [5.74, 6) is 1.13. The summed E-state index contributed by atoms with van der Waals surface area (Å²) in [7, 11) is 3.10. The Balaban J connectivity index is 3.57. The van der Waals surface area contributed by atoms with E-state index in [9.17, 15) is 5.11 Å². The van der Waals surface area contributed by atoms with Gasteiger partial charge in [-0.25, -0.2) is 0 Å². The van der Waals surface area contributed by atoms with Crippen LogP contribution in [0, 0.1) is 6.92 Å². The first-order chi connectivity index (χ1) is 7.32. The van der Waals surface area contributed by atoms with Crippen molar-refractivity contribution in [2.24, 2.45) is 0 Å². The van der Waals surface area contributed by atoms with E-state index < -0.39 is 5.60 Å². The molecule has 0 saturated carbocycles. The molecule has 3 nitrogen and oxygen atoms in total. The van der Waals surface area contributed by atoms with Crippen molar-refractivity contribution in [1.82, 2.24) is 0 Å². The molecule has 0 aromatic heterocycles. The fourth-order valence-corrected chi connectivity index (χ4v) is 2.26. The Morgan fingerprint density at radius 2 is 1.81 bits per heavy atom. The van der Waals surface area contributed by atoms with Gasteiger partial charge < -0.3 is 14.6 Å². The van der Waals surface area contributed by atoms with Gasteiger partial charge in [-0.15, -0.1) is 0 Å². The number of halogens is 1. The van der Waals surface area contributed by atoms with Crippen LogP contribution in [0.2, 0.25) is 5.02 Å². The number of hydrogen-bond acceptors (Lipinski definition) is 3. The first-order valence-electron chi connectivity index (χ1n) is 4.96. The second-order valence-corrected chi connectivity index (χ2v) is 4.55. The van der Waals surface area contributed by atoms with Crippen molar-refractivity contribution in [1.29, 1.82) is 0 Å². The van der Waals surface area contributed by atoms with Gasteiger partial charge in [0.05, 0.1) is 24.8 Å². The Hall–Kier alpha value is -0.930. The molecule has 1 rings (SSSR count). The largest absolute Gasteiger partial charge is 0.496 e. The number of rotatable bonds is 3. The van der Waals surface area contributed by atoms with Crippen molar-refractivity contribution in [3.05, 3.63) is 22.2 Å². The molecule has 0 aliphatic heterocycles. The highest BCUT2D eigenvalue weighted by Crippen LogP contribution is 2.43. The van der Waals surface area contributed by atoms with Crippen molar-refractivity contribution < 1.29 is 14.6 Å². The smallest absolute Gasteiger partial charge is 0.141 e. The molecule has 4 heteroatoms. The normalized spacial score (nSPS) is 11.4. The Morgan fingerprint density at radius 3 is 2.19 bits per heavy atom. The van der Waals surface area contributed by atoms with Gasteiger partial charge in [0.15, 0.2) is 0 Å². The van der Waals surface area contributed by atoms with Gasteiger partial charge in [0, 0.05) is 5.56 Å². The molecule has 0 atom stereocenters. The second-order valence-electron chi connectivity index (χ2n) is 4.18. The summed E-state index contributed by atoms with van der Waals surface area (Å²) in [6, 6.07) is 1.80. The topological polar surface area (TPSA) is 38.7 Å². The van der Waals surface area contributed by atoms with Gasteiger partial charge >= 0.3 is 0 Å². The van der Waals surface area contributed by atoms with E-state index in [4.69, 9.17) is 21.1 Å². The minimum absolute atomic E-state index is 0.395. The number of methoxy groups -OCH3 is 2. The number of benzene rings is 1. The van der Waals surface area contributed by atoms with E-state index in [-0.39, 0.29) is 0 Å². The van der Waals surface area contributed by atoms with E-state index in [2.05, 4.69) is 0 Å². The summed E-state index contributed by atoms with van der Waals surface area (Å²) < 4.78 is 10.4. The number of aryl methyl sites for hydroxylation is 1. The van der Waals surface area contributed by atoms with E-state index in [0.29, 0.717) is 22.1 Å². The van der Waals surface area contributed by atoms with Crippen molar-refractivity contribution in [3.63, 3.8) is 0 Å². The highest BCUT2D eigenvalue weighted by Gasteiger charge is 2.27. The maximum atomic E-state index is 10.1. The fraction of sp³-hybridized carbons (Fsp3) is 0.500. The highest BCUT2D eigenvalue weighted by molar-refractivity contribution is 6.33. The first kappa shape index (κ1) is 13.1. The van der Waals surface area contributed by atoms with Crippen LogP contribution in [0.1, 0.15) is 25.0 Å². The second kappa shape index (κ2) is 4.52. The Labute approximate surface area is 101 Å². The van der Waals surface area contributed by atoms with Crippen molar-refractivity contribution in [3.8, 4) is 11.5 Å². The molecule has 0 spiro atoms. The Morgan fingerprint density at radius 1 is 1.25 bits per heavy atom. The fourth-order valence-electron chi connectivity index (χ4n) is 1.71. The summed E-state index contributed by atoms with van der Waals surface area (Å²) in [6.07, 6.45) is 0. The van der Waals surface area contributed by atoms with Crippen LogP contribution in [0.5, 0.6) is 11.5 Å². The minimum atomic E-state index is -1.08. The molecule has 0 unspecified atom stereocenters. The quantitative estimate of drug-likeness (QED) is 0.889. The van der Waals surface area contributed by atoms with Crippen LogP contribution in [-0.4, -0.2) is 19.3 Å². The summed E-state index contributed by atoms with van der Waals surface area (Å²) in [5, 5.41) is 10.5. The van der Waals surface area contributed by atoms with Crippen LogP contribution in [-0.2, 0) is 5.60 Å². The maximum absolute atomic E-state index is 10.1. The van der Waals surface area contributed by atoms with E-state index >= 15 is 0 Å². The predicted molar refractivity (Wildman–Crippen MR) is 64.5 cm³/mol. The molecule has 0 saturated heterocycles. The summed E-state index contributed by atoms with van der Waals surface area (Å²) >= 11 is 6.22. The zero-order valence-electron chi connectivity index (χ0n) is 10.2. The maximum Gasteiger partial charge on any atom is 0.141 e. The predicted octanol–water partition coefficient (Wildman–Crippen LogP) is 2.89. The SMILES string of the molecule is COc1cc(C)c(OC)c(Cl)c1C(C)(C)O. The lowest BCUT2D eigenvalue weighted by atomic mass is 9.95. The van der Waals surface area contributed by atoms with Crippen molar-refractivity contribution in [2.75, 3.05) is 14.2 Å². The standard InChI is InChI=1S/C12H17ClO3/c1-7-6-8(15-4)9(12(2,3)14)10(13)11(7)16-5/h6,14H,1-5H3. The molecule has 0 aliphatic rings. The van der Waals surface area contributed by atoms with Crippen LogP contribution in [0.3, 0.4) is 0 Å². The summed E-state index contributed by atoms with van der Waals surface area (Å²) in [6.45, 7) is 5.19. The lowest BCUT2D eigenvalue weighted by molar-refractivity contribution is 0.0755. The molecule has 0 aliphatic carbocycles. The average molecular weight is 245 g/mol. The van der Waals surface area contributed by atoms with Gasteiger partial charge in [0.2, 0.25) is 0 Å². The average Bonchev–Trinajstić information content (AvgIpc) is 2.15. The zero-order chi connectivity index (χ0) is 12.5. The van der Waals surface area contributed by atoms with Gasteiger partial charge in [-0.1, -0.05) is 11.6 Å². The third kappa shape index (κ3) is 2.25. The molecule has 0 bridgehead atoms. The molecule has 1 N–H and O–H groups in total. The molecule has 0 amide bonds. The molecule has 1 aromatic carbocycles. The number of ether oxygens (including phenoxy) is 2. The molecule has 0 fully saturated rings. The van der Waals surface area contributed by atoms with E-state index in [1.807, 2.05) is 6.92 Å². The van der Waals surface area contributed by atoms with E-state index in [0.717, 1.165) is 5.56 Å². The van der Waals surface area contributed by atoms with Gasteiger partial charge in [0.1, 0.15) is 11.5 Å². The van der Waals surface area contributed by atoms with Gasteiger partial charge in [0.25, 0.3) is 0 Å². The van der Waals surface area contributed by atoms with E-state index in [1.165, 1.54) is 0 Å². The monoisotopic (exact) mass is 244 g/mol. The van der Waals surface area contributed by atoms with Crippen molar-refractivity contribution in [2.45, 2.75) is 26.4 Å². The van der Waals surface area contributed by atoms with Gasteiger partial charge in [-0.05, 0) is 32.4 Å². The van der Waals surface area contributed by atoms with Gasteiger partial charge in [-0.3, -0.25) is 0 Å². The molecular weight excluding hydrogens is 228 g/mol. The molecule has 1 aromatic rings. The van der Waals surface area contributed by atoms with E-state index in [1.54, 1.807) is 34.1 Å². The van der Waals surface area contributed by atoms with Crippen LogP contribution >= 0.6 is 11.6 Å². The minimum Gasteiger partial charge on any atom is -0.496 e. The van der Waals surface area contributed by atoms with Crippen LogP contribution in [0.25, 0.3) is 0 Å². The molecule has 0 heterocycles.